The number of carbonyl (C=O) groups excluding carboxylic acids is 2. The molecule has 0 saturated carbocycles. The van der Waals surface area contributed by atoms with Crippen LogP contribution in [-0.4, -0.2) is 44.8 Å². The van der Waals surface area contributed by atoms with Crippen LogP contribution in [0.5, 0.6) is 0 Å². The summed E-state index contributed by atoms with van der Waals surface area (Å²) in [5.74, 6) is -0.217. The number of piperazine rings is 1. The van der Waals surface area contributed by atoms with Gasteiger partial charge in [-0.05, 0) is 70.2 Å². The Labute approximate surface area is 204 Å². The van der Waals surface area contributed by atoms with E-state index in [4.69, 9.17) is 0 Å². The number of carbonyl (C=O) groups is 2. The van der Waals surface area contributed by atoms with Gasteiger partial charge in [-0.2, -0.15) is 4.74 Å². The Kier molecular flexibility index (Phi) is 3.72. The number of piperidine rings is 2. The molecule has 2 amide bonds. The van der Waals surface area contributed by atoms with Crippen molar-refractivity contribution in [3.05, 3.63) is 64.4 Å². The molecule has 2 unspecified atom stereocenters. The number of nitrogens with zero attached hydrogens (tertiary/aromatic N) is 2. The molecule has 5 aliphatic heterocycles. The molecule has 0 aromatic heterocycles. The zero-order valence-corrected chi connectivity index (χ0v) is 20.6. The number of fused-ring (bicyclic) bond motifs is 4. The summed E-state index contributed by atoms with van der Waals surface area (Å²) in [6.45, 7) is 8.92. The standard InChI is InChI=1S/C29H29N3O3/c1-16-10-17(2)12-19(11-16)18-6-7-20-21-14-29-23(27(3,4)24(21)32(35)22(20)13-18)15-28(25(33)30-29)8-5-9-31(28)26(29)34/h6-7,10-14,23H,5,8-9,15H2,1-4H3,(H,30,33)/t23?,28?,29-/m0/s1. The summed E-state index contributed by atoms with van der Waals surface area (Å²) in [6.07, 6.45) is 4.04. The smallest absolute Gasteiger partial charge is 0.253 e. The van der Waals surface area contributed by atoms with Gasteiger partial charge in [0.15, 0.2) is 0 Å². The van der Waals surface area contributed by atoms with Crippen LogP contribution in [0.2, 0.25) is 0 Å². The first-order valence-corrected chi connectivity index (χ1v) is 12.5. The third-order valence-electron chi connectivity index (χ3n) is 9.30. The predicted molar refractivity (Wildman–Crippen MR) is 134 cm³/mol. The molecule has 6 nitrogen and oxygen atoms in total. The molecule has 35 heavy (non-hydrogen) atoms. The highest BCUT2D eigenvalue weighted by molar-refractivity contribution is 6.30. The van der Waals surface area contributed by atoms with E-state index in [0.717, 1.165) is 33.4 Å². The van der Waals surface area contributed by atoms with Gasteiger partial charge in [0, 0.05) is 18.5 Å². The maximum atomic E-state index is 13.9. The zero-order valence-electron chi connectivity index (χ0n) is 20.6. The summed E-state index contributed by atoms with van der Waals surface area (Å²) in [7, 11) is 0. The summed E-state index contributed by atoms with van der Waals surface area (Å²) < 4.78 is 1.08. The zero-order chi connectivity index (χ0) is 24.5. The number of aryl methyl sites for hydroxylation is 2. The molecular weight excluding hydrogens is 438 g/mol. The lowest BCUT2D eigenvalue weighted by Crippen LogP contribution is -2.83. The first kappa shape index (κ1) is 20.9. The first-order valence-electron chi connectivity index (χ1n) is 12.5. The number of amides is 2. The molecule has 8 rings (SSSR count). The monoisotopic (exact) mass is 467 g/mol. The number of hydrogen-bond acceptors (Lipinski definition) is 3. The molecule has 4 saturated heterocycles. The largest absolute Gasteiger partial charge is 0.618 e. The fraction of sp³-hybridized carbons (Fsp3) is 0.414. The summed E-state index contributed by atoms with van der Waals surface area (Å²) >= 11 is 0. The Morgan fingerprint density at radius 1 is 1.06 bits per heavy atom. The highest BCUT2D eigenvalue weighted by Gasteiger charge is 2.73. The van der Waals surface area contributed by atoms with Crippen LogP contribution in [0.25, 0.3) is 16.7 Å². The minimum Gasteiger partial charge on any atom is -0.618 e. The molecule has 2 aromatic rings. The second kappa shape index (κ2) is 6.23. The van der Waals surface area contributed by atoms with Crippen molar-refractivity contribution in [1.82, 2.24) is 10.2 Å². The highest BCUT2D eigenvalue weighted by Crippen LogP contribution is 2.60. The van der Waals surface area contributed by atoms with Crippen LogP contribution >= 0.6 is 0 Å². The minimum atomic E-state index is -1.10. The van der Waals surface area contributed by atoms with Crippen molar-refractivity contribution in [2.75, 3.05) is 6.54 Å². The number of allylic oxidation sites excluding steroid dienone is 1. The van der Waals surface area contributed by atoms with Crippen molar-refractivity contribution in [1.29, 1.82) is 0 Å². The second-order valence-corrected chi connectivity index (χ2v) is 11.7. The van der Waals surface area contributed by atoms with Gasteiger partial charge < -0.3 is 15.4 Å². The van der Waals surface area contributed by atoms with E-state index in [1.165, 1.54) is 11.1 Å². The van der Waals surface area contributed by atoms with E-state index in [1.54, 1.807) is 0 Å². The lowest BCUT2D eigenvalue weighted by Gasteiger charge is -2.62. The van der Waals surface area contributed by atoms with Gasteiger partial charge in [0.2, 0.25) is 17.3 Å². The number of hydrogen-bond donors (Lipinski definition) is 1. The van der Waals surface area contributed by atoms with Crippen LogP contribution in [-0.2, 0) is 9.59 Å². The van der Waals surface area contributed by atoms with E-state index in [-0.39, 0.29) is 17.7 Å². The average molecular weight is 468 g/mol. The molecule has 3 atom stereocenters. The first-order chi connectivity index (χ1) is 16.6. The summed E-state index contributed by atoms with van der Waals surface area (Å²) in [4.78, 5) is 29.0. The normalized spacial score (nSPS) is 31.6. The number of rotatable bonds is 1. The van der Waals surface area contributed by atoms with E-state index < -0.39 is 16.5 Å². The Morgan fingerprint density at radius 2 is 1.80 bits per heavy atom. The Balaban J connectivity index is 1.44. The second-order valence-electron chi connectivity index (χ2n) is 11.7. The van der Waals surface area contributed by atoms with Gasteiger partial charge in [0.1, 0.15) is 11.1 Å². The van der Waals surface area contributed by atoms with E-state index in [2.05, 4.69) is 57.3 Å². The summed E-state index contributed by atoms with van der Waals surface area (Å²) in [6, 6.07) is 12.4. The van der Waals surface area contributed by atoms with Gasteiger partial charge in [-0.15, -0.1) is 0 Å². The van der Waals surface area contributed by atoms with Gasteiger partial charge in [0.25, 0.3) is 5.91 Å². The van der Waals surface area contributed by atoms with Crippen molar-refractivity contribution < 1.29 is 14.3 Å². The van der Waals surface area contributed by atoms with Gasteiger partial charge in [-0.25, -0.2) is 0 Å². The van der Waals surface area contributed by atoms with Crippen LogP contribution in [0.1, 0.15) is 49.8 Å². The fourth-order valence-electron chi connectivity index (χ4n) is 7.81. The van der Waals surface area contributed by atoms with Crippen LogP contribution < -0.4 is 5.32 Å². The van der Waals surface area contributed by atoms with Crippen LogP contribution in [0.4, 0.5) is 5.69 Å². The summed E-state index contributed by atoms with van der Waals surface area (Å²) in [5, 5.41) is 17.0. The topological polar surface area (TPSA) is 75.5 Å². The lowest BCUT2D eigenvalue weighted by atomic mass is 9.51. The molecule has 178 valence electrons. The fourth-order valence-corrected chi connectivity index (χ4v) is 7.81. The highest BCUT2D eigenvalue weighted by atomic mass is 16.5. The van der Waals surface area contributed by atoms with E-state index in [0.29, 0.717) is 30.8 Å². The molecule has 1 aliphatic carbocycles. The molecular formula is C29H29N3O3. The van der Waals surface area contributed by atoms with Crippen molar-refractivity contribution in [3.63, 3.8) is 0 Å². The van der Waals surface area contributed by atoms with Crippen molar-refractivity contribution in [2.45, 2.75) is 58.0 Å². The molecule has 0 radical (unpaired) electrons. The van der Waals surface area contributed by atoms with E-state index in [1.807, 2.05) is 23.1 Å². The molecule has 6 heteroatoms. The molecule has 1 N–H and O–H groups in total. The lowest BCUT2D eigenvalue weighted by molar-refractivity contribution is -0.362. The van der Waals surface area contributed by atoms with Crippen molar-refractivity contribution >= 4 is 28.8 Å². The molecule has 6 aliphatic rings. The van der Waals surface area contributed by atoms with Crippen molar-refractivity contribution in [2.24, 2.45) is 11.3 Å². The Morgan fingerprint density at radius 3 is 2.54 bits per heavy atom. The molecule has 2 spiro atoms. The molecule has 2 bridgehead atoms. The third kappa shape index (κ3) is 2.33. The van der Waals surface area contributed by atoms with Gasteiger partial charge in [-0.3, -0.25) is 9.59 Å². The molecule has 4 fully saturated rings. The predicted octanol–water partition coefficient (Wildman–Crippen LogP) is 4.24. The van der Waals surface area contributed by atoms with E-state index >= 15 is 0 Å². The maximum Gasteiger partial charge on any atom is 0.253 e. The van der Waals surface area contributed by atoms with Gasteiger partial charge in [-0.1, -0.05) is 35.4 Å². The number of nitrogens with one attached hydrogen (secondary N) is 1. The van der Waals surface area contributed by atoms with Crippen LogP contribution in [0.15, 0.2) is 42.5 Å². The maximum absolute atomic E-state index is 13.9. The molecule has 5 heterocycles. The molecule has 2 aromatic carbocycles. The van der Waals surface area contributed by atoms with Crippen LogP contribution in [0, 0.1) is 30.4 Å². The minimum absolute atomic E-state index is 0.0109. The SMILES string of the molecule is Cc1cc(C)cc(-c2ccc3c(c2)[N+]([O-])=C2C3=C[C@@]34NC(=O)C5(CCCN5C3=O)CC4C2(C)C)c1. The van der Waals surface area contributed by atoms with Crippen LogP contribution in [0.3, 0.4) is 0 Å². The Bertz CT molecular complexity index is 1430. The van der Waals surface area contributed by atoms with E-state index in [9.17, 15) is 14.8 Å². The van der Waals surface area contributed by atoms with Gasteiger partial charge in [0.05, 0.1) is 16.6 Å². The Hall–Kier alpha value is -3.41. The average Bonchev–Trinajstić information content (AvgIpc) is 3.35. The third-order valence-corrected chi connectivity index (χ3v) is 9.30. The quantitative estimate of drug-likeness (QED) is 0.504. The van der Waals surface area contributed by atoms with Crippen molar-refractivity contribution in [3.8, 4) is 11.1 Å². The summed E-state index contributed by atoms with van der Waals surface area (Å²) in [5.41, 5.74) is 4.92. The van der Waals surface area contributed by atoms with Gasteiger partial charge >= 0.3 is 0 Å². The number of benzene rings is 2.